The van der Waals surface area contributed by atoms with Crippen molar-refractivity contribution in [2.45, 2.75) is 6.92 Å². The molecule has 0 aliphatic carbocycles. The molecular formula is C9H10IO2. The molecule has 1 aromatic carbocycles. The molecule has 12 heavy (non-hydrogen) atoms. The molecule has 0 unspecified atom stereocenters. The molecule has 2 nitrogen and oxygen atoms in total. The Bertz CT molecular complexity index is 261. The third-order valence-electron chi connectivity index (χ3n) is 1.35. The Morgan fingerprint density at radius 2 is 2.25 bits per heavy atom. The van der Waals surface area contributed by atoms with Gasteiger partial charge in [0.25, 0.3) is 0 Å². The number of hydrogen-bond donors (Lipinski definition) is 1. The van der Waals surface area contributed by atoms with Crippen LogP contribution in [0.15, 0.2) is 18.2 Å². The van der Waals surface area contributed by atoms with E-state index in [0.29, 0.717) is 6.61 Å². The molecule has 3 heteroatoms. The molecule has 1 aromatic rings. The fourth-order valence-corrected chi connectivity index (χ4v) is 1.58. The summed E-state index contributed by atoms with van der Waals surface area (Å²) in [6, 6.07) is 5.60. The van der Waals surface area contributed by atoms with Gasteiger partial charge < -0.3 is 9.84 Å². The van der Waals surface area contributed by atoms with Gasteiger partial charge in [0.15, 0.2) is 0 Å². The molecule has 0 aliphatic heterocycles. The third-order valence-corrected chi connectivity index (χ3v) is 1.98. The summed E-state index contributed by atoms with van der Waals surface area (Å²) in [5.41, 5.74) is 0.769. The molecule has 1 radical (unpaired) electrons. The highest BCUT2D eigenvalue weighted by Crippen LogP contribution is 2.19. The van der Waals surface area contributed by atoms with Crippen LogP contribution >= 0.6 is 22.6 Å². The van der Waals surface area contributed by atoms with E-state index in [1.54, 1.807) is 6.07 Å². The van der Waals surface area contributed by atoms with Crippen LogP contribution in [0.1, 0.15) is 12.5 Å². The van der Waals surface area contributed by atoms with Crippen LogP contribution in [0.25, 0.3) is 0 Å². The average Bonchev–Trinajstić information content (AvgIpc) is 2.04. The quantitative estimate of drug-likeness (QED) is 0.860. The minimum absolute atomic E-state index is 0.644. The number of aliphatic hydroxyl groups is 1. The van der Waals surface area contributed by atoms with Crippen LogP contribution < -0.4 is 4.74 Å². The maximum Gasteiger partial charge on any atom is 0.120 e. The molecule has 0 bridgehead atoms. The number of benzene rings is 1. The predicted molar refractivity (Wildman–Crippen MR) is 55.7 cm³/mol. The smallest absolute Gasteiger partial charge is 0.120 e. The second-order valence-corrected chi connectivity index (χ2v) is 3.53. The Labute approximate surface area is 85.7 Å². The Morgan fingerprint density at radius 1 is 1.50 bits per heavy atom. The van der Waals surface area contributed by atoms with Gasteiger partial charge in [-0.1, -0.05) is 0 Å². The van der Waals surface area contributed by atoms with Gasteiger partial charge in [0, 0.05) is 3.57 Å². The molecular weight excluding hydrogens is 267 g/mol. The van der Waals surface area contributed by atoms with Crippen LogP contribution in [-0.4, -0.2) is 11.7 Å². The van der Waals surface area contributed by atoms with Crippen LogP contribution in [0, 0.1) is 10.2 Å². The number of rotatable bonds is 3. The molecule has 0 saturated carbocycles. The van der Waals surface area contributed by atoms with Gasteiger partial charge in [0.05, 0.1) is 6.61 Å². The first kappa shape index (κ1) is 9.80. The van der Waals surface area contributed by atoms with Gasteiger partial charge in [-0.25, -0.2) is 0 Å². The Morgan fingerprint density at radius 3 is 2.83 bits per heavy atom. The number of ether oxygens (including phenoxy) is 1. The molecule has 0 aliphatic rings. The molecule has 0 fully saturated rings. The maximum atomic E-state index is 8.77. The van der Waals surface area contributed by atoms with E-state index in [0.717, 1.165) is 21.5 Å². The number of halogens is 1. The standard InChI is InChI=1S/C9H10IO2/c1-2-12-9-4-7(6-11)3-8(10)5-9/h3-6,11H,2H2,1H3. The molecule has 0 saturated heterocycles. The minimum atomic E-state index is 0.644. The first-order chi connectivity index (χ1) is 5.76. The normalized spacial score (nSPS) is 9.92. The summed E-state index contributed by atoms with van der Waals surface area (Å²) >= 11 is 2.18. The van der Waals surface area contributed by atoms with Crippen molar-refractivity contribution < 1.29 is 9.84 Å². The fraction of sp³-hybridized carbons (Fsp3) is 0.222. The summed E-state index contributed by atoms with van der Waals surface area (Å²) in [5, 5.41) is 8.77. The van der Waals surface area contributed by atoms with Gasteiger partial charge in [0.1, 0.15) is 12.4 Å². The van der Waals surface area contributed by atoms with Crippen molar-refractivity contribution in [3.05, 3.63) is 33.9 Å². The van der Waals surface area contributed by atoms with Gasteiger partial charge in [-0.2, -0.15) is 0 Å². The summed E-state index contributed by atoms with van der Waals surface area (Å²) < 4.78 is 6.35. The van der Waals surface area contributed by atoms with Crippen molar-refractivity contribution in [1.29, 1.82) is 0 Å². The summed E-state index contributed by atoms with van der Waals surface area (Å²) in [4.78, 5) is 0. The van der Waals surface area contributed by atoms with E-state index in [-0.39, 0.29) is 0 Å². The number of aliphatic hydroxyl groups excluding tert-OH is 1. The van der Waals surface area contributed by atoms with E-state index < -0.39 is 0 Å². The van der Waals surface area contributed by atoms with Gasteiger partial charge in [-0.05, 0) is 53.3 Å². The average molecular weight is 277 g/mol. The first-order valence-corrected chi connectivity index (χ1v) is 4.75. The van der Waals surface area contributed by atoms with Crippen LogP contribution in [0.2, 0.25) is 0 Å². The van der Waals surface area contributed by atoms with E-state index in [4.69, 9.17) is 9.84 Å². The Balaban J connectivity index is 2.90. The van der Waals surface area contributed by atoms with Crippen molar-refractivity contribution >= 4 is 22.6 Å². The van der Waals surface area contributed by atoms with Gasteiger partial charge in [0.2, 0.25) is 0 Å². The van der Waals surface area contributed by atoms with Crippen LogP contribution in [0.4, 0.5) is 0 Å². The van der Waals surface area contributed by atoms with Crippen molar-refractivity contribution in [3.8, 4) is 5.75 Å². The van der Waals surface area contributed by atoms with Crippen molar-refractivity contribution in [2.24, 2.45) is 0 Å². The summed E-state index contributed by atoms with van der Waals surface area (Å²) in [5.74, 6) is 0.796. The predicted octanol–water partition coefficient (Wildman–Crippen LogP) is 2.57. The fourth-order valence-electron chi connectivity index (χ4n) is 0.909. The molecule has 0 heterocycles. The lowest BCUT2D eigenvalue weighted by Gasteiger charge is -2.04. The lowest BCUT2D eigenvalue weighted by molar-refractivity contribution is 0.339. The zero-order chi connectivity index (χ0) is 8.97. The first-order valence-electron chi connectivity index (χ1n) is 3.67. The van der Waals surface area contributed by atoms with Gasteiger partial charge >= 0.3 is 0 Å². The molecule has 0 aromatic heterocycles. The molecule has 0 atom stereocenters. The minimum Gasteiger partial charge on any atom is -0.494 e. The summed E-state index contributed by atoms with van der Waals surface area (Å²) in [6.45, 7) is 3.65. The summed E-state index contributed by atoms with van der Waals surface area (Å²) in [6.07, 6.45) is 0. The Hall–Kier alpha value is -0.290. The van der Waals surface area contributed by atoms with E-state index >= 15 is 0 Å². The topological polar surface area (TPSA) is 29.5 Å². The maximum absolute atomic E-state index is 8.77. The van der Waals surface area contributed by atoms with Gasteiger partial charge in [-0.15, -0.1) is 0 Å². The molecule has 1 rings (SSSR count). The van der Waals surface area contributed by atoms with E-state index in [1.807, 2.05) is 19.1 Å². The van der Waals surface area contributed by atoms with E-state index in [1.165, 1.54) is 0 Å². The van der Waals surface area contributed by atoms with Crippen molar-refractivity contribution in [2.75, 3.05) is 6.61 Å². The Kier molecular flexibility index (Phi) is 3.81. The van der Waals surface area contributed by atoms with E-state index in [9.17, 15) is 0 Å². The second-order valence-electron chi connectivity index (χ2n) is 2.28. The van der Waals surface area contributed by atoms with Gasteiger partial charge in [-0.3, -0.25) is 0 Å². The third kappa shape index (κ3) is 2.64. The largest absolute Gasteiger partial charge is 0.494 e. The highest BCUT2D eigenvalue weighted by molar-refractivity contribution is 14.1. The number of hydrogen-bond acceptors (Lipinski definition) is 2. The van der Waals surface area contributed by atoms with Crippen LogP contribution in [0.3, 0.4) is 0 Å². The van der Waals surface area contributed by atoms with Crippen LogP contribution in [0.5, 0.6) is 5.75 Å². The van der Waals surface area contributed by atoms with Crippen LogP contribution in [-0.2, 0) is 0 Å². The SMILES string of the molecule is CCOc1cc(I)cc([CH]O)c1. The van der Waals surface area contributed by atoms with Crippen molar-refractivity contribution in [3.63, 3.8) is 0 Å². The monoisotopic (exact) mass is 277 g/mol. The molecule has 0 amide bonds. The molecule has 0 spiro atoms. The molecule has 65 valence electrons. The highest BCUT2D eigenvalue weighted by Gasteiger charge is 1.98. The second kappa shape index (κ2) is 4.67. The zero-order valence-electron chi connectivity index (χ0n) is 6.75. The highest BCUT2D eigenvalue weighted by atomic mass is 127. The van der Waals surface area contributed by atoms with Crippen molar-refractivity contribution in [1.82, 2.24) is 0 Å². The lowest BCUT2D eigenvalue weighted by Crippen LogP contribution is -1.93. The van der Waals surface area contributed by atoms with E-state index in [2.05, 4.69) is 22.6 Å². The lowest BCUT2D eigenvalue weighted by atomic mass is 10.2. The molecule has 1 N–H and O–H groups in total. The zero-order valence-corrected chi connectivity index (χ0v) is 8.91. The summed E-state index contributed by atoms with van der Waals surface area (Å²) in [7, 11) is 0.